The highest BCUT2D eigenvalue weighted by molar-refractivity contribution is 8.00. The highest BCUT2D eigenvalue weighted by Crippen LogP contribution is 2.25. The van der Waals surface area contributed by atoms with Crippen LogP contribution in [0.2, 0.25) is 5.15 Å². The minimum atomic E-state index is -1.09. The molecule has 0 spiro atoms. The fourth-order valence-corrected chi connectivity index (χ4v) is 3.80. The number of amides is 2. The van der Waals surface area contributed by atoms with Gasteiger partial charge < -0.3 is 20.1 Å². The van der Waals surface area contributed by atoms with Gasteiger partial charge in [-0.1, -0.05) is 29.8 Å². The standard InChI is InChI=1S/C24H22ClN3O5S/c1-15(23(30)28-19-10-6-12-26-22(19)25)33-24(31)18-9-3-4-11-20(18)34-14-21(29)27-16-7-5-8-17(13-16)32-2/h3-13,15H,14H2,1-2H3,(H,27,29)(H,28,30). The van der Waals surface area contributed by atoms with E-state index in [4.69, 9.17) is 21.1 Å². The summed E-state index contributed by atoms with van der Waals surface area (Å²) in [6.07, 6.45) is 0.408. The van der Waals surface area contributed by atoms with Crippen LogP contribution in [0.5, 0.6) is 5.75 Å². The third kappa shape index (κ3) is 6.97. The van der Waals surface area contributed by atoms with Crippen LogP contribution in [-0.2, 0) is 14.3 Å². The summed E-state index contributed by atoms with van der Waals surface area (Å²) >= 11 is 7.13. The van der Waals surface area contributed by atoms with Crippen molar-refractivity contribution in [1.82, 2.24) is 4.98 Å². The van der Waals surface area contributed by atoms with Gasteiger partial charge in [0.05, 0.1) is 24.1 Å². The van der Waals surface area contributed by atoms with Gasteiger partial charge in [0.1, 0.15) is 5.75 Å². The zero-order valence-electron chi connectivity index (χ0n) is 18.4. The number of methoxy groups -OCH3 is 1. The van der Waals surface area contributed by atoms with E-state index in [-0.39, 0.29) is 22.4 Å². The number of nitrogens with one attached hydrogen (secondary N) is 2. The number of halogens is 1. The van der Waals surface area contributed by atoms with Gasteiger partial charge in [0.2, 0.25) is 5.91 Å². The molecule has 0 radical (unpaired) electrons. The molecule has 1 unspecified atom stereocenters. The zero-order chi connectivity index (χ0) is 24.5. The van der Waals surface area contributed by atoms with Crippen molar-refractivity contribution in [3.05, 3.63) is 77.6 Å². The second-order valence-electron chi connectivity index (χ2n) is 6.94. The van der Waals surface area contributed by atoms with E-state index < -0.39 is 18.0 Å². The Morgan fingerprint density at radius 2 is 1.85 bits per heavy atom. The molecule has 1 heterocycles. The first-order chi connectivity index (χ1) is 16.4. The fourth-order valence-electron chi connectivity index (χ4n) is 2.79. The lowest BCUT2D eigenvalue weighted by Crippen LogP contribution is -2.30. The van der Waals surface area contributed by atoms with Gasteiger partial charge in [0, 0.05) is 22.8 Å². The summed E-state index contributed by atoms with van der Waals surface area (Å²) in [6.45, 7) is 1.45. The molecule has 1 atom stereocenters. The molecule has 0 bridgehead atoms. The number of hydrogen-bond donors (Lipinski definition) is 2. The van der Waals surface area contributed by atoms with E-state index in [9.17, 15) is 14.4 Å². The number of anilines is 2. The SMILES string of the molecule is COc1cccc(NC(=O)CSc2ccccc2C(=O)OC(C)C(=O)Nc2cccnc2Cl)c1. The molecule has 0 aliphatic heterocycles. The summed E-state index contributed by atoms with van der Waals surface area (Å²) in [7, 11) is 1.55. The zero-order valence-corrected chi connectivity index (χ0v) is 20.0. The quantitative estimate of drug-likeness (QED) is 0.250. The molecule has 1 aromatic heterocycles. The largest absolute Gasteiger partial charge is 0.497 e. The van der Waals surface area contributed by atoms with Gasteiger partial charge >= 0.3 is 5.97 Å². The summed E-state index contributed by atoms with van der Waals surface area (Å²) in [5, 5.41) is 5.49. The molecule has 0 saturated carbocycles. The molecule has 2 amide bonds. The maximum absolute atomic E-state index is 12.7. The number of pyridine rings is 1. The van der Waals surface area contributed by atoms with Crippen molar-refractivity contribution in [2.24, 2.45) is 0 Å². The lowest BCUT2D eigenvalue weighted by molar-refractivity contribution is -0.123. The number of esters is 1. The minimum Gasteiger partial charge on any atom is -0.497 e. The number of hydrogen-bond acceptors (Lipinski definition) is 7. The minimum absolute atomic E-state index is 0.0665. The van der Waals surface area contributed by atoms with E-state index in [1.54, 1.807) is 67.8 Å². The highest BCUT2D eigenvalue weighted by Gasteiger charge is 2.22. The lowest BCUT2D eigenvalue weighted by atomic mass is 10.2. The molecule has 176 valence electrons. The van der Waals surface area contributed by atoms with Gasteiger partial charge in [-0.3, -0.25) is 9.59 Å². The van der Waals surface area contributed by atoms with Crippen molar-refractivity contribution in [3.8, 4) is 5.75 Å². The van der Waals surface area contributed by atoms with Crippen molar-refractivity contribution in [3.63, 3.8) is 0 Å². The Morgan fingerprint density at radius 1 is 1.06 bits per heavy atom. The van der Waals surface area contributed by atoms with Crippen molar-refractivity contribution in [2.75, 3.05) is 23.5 Å². The summed E-state index contributed by atoms with van der Waals surface area (Å²) in [5.41, 5.74) is 1.17. The van der Waals surface area contributed by atoms with E-state index in [0.29, 0.717) is 22.0 Å². The molecule has 0 aliphatic rings. The fraction of sp³-hybridized carbons (Fsp3) is 0.167. The Morgan fingerprint density at radius 3 is 2.62 bits per heavy atom. The molecule has 3 rings (SSSR count). The average Bonchev–Trinajstić information content (AvgIpc) is 2.84. The summed E-state index contributed by atoms with van der Waals surface area (Å²) < 4.78 is 10.5. The smallest absolute Gasteiger partial charge is 0.340 e. The number of carbonyl (C=O) groups excluding carboxylic acids is 3. The van der Waals surface area contributed by atoms with Crippen LogP contribution < -0.4 is 15.4 Å². The van der Waals surface area contributed by atoms with Crippen LogP contribution in [0, 0.1) is 0 Å². The first-order valence-corrected chi connectivity index (χ1v) is 11.5. The number of carbonyl (C=O) groups is 3. The number of rotatable bonds is 9. The Bertz CT molecular complexity index is 1190. The monoisotopic (exact) mass is 499 g/mol. The van der Waals surface area contributed by atoms with E-state index in [0.717, 1.165) is 0 Å². The highest BCUT2D eigenvalue weighted by atomic mass is 35.5. The van der Waals surface area contributed by atoms with E-state index in [2.05, 4.69) is 15.6 Å². The number of benzene rings is 2. The molecule has 10 heteroatoms. The summed E-state index contributed by atoms with van der Waals surface area (Å²) in [4.78, 5) is 42.0. The predicted octanol–water partition coefficient (Wildman–Crippen LogP) is 4.66. The molecule has 0 aliphatic carbocycles. The number of ether oxygens (including phenoxy) is 2. The Hall–Kier alpha value is -3.56. The van der Waals surface area contributed by atoms with Gasteiger partial charge in [-0.2, -0.15) is 0 Å². The van der Waals surface area contributed by atoms with E-state index in [1.807, 2.05) is 0 Å². The maximum Gasteiger partial charge on any atom is 0.340 e. The number of aromatic nitrogens is 1. The second kappa shape index (κ2) is 12.1. The molecule has 34 heavy (non-hydrogen) atoms. The molecule has 0 fully saturated rings. The molecule has 8 nitrogen and oxygen atoms in total. The molecule has 3 aromatic rings. The van der Waals surface area contributed by atoms with E-state index in [1.165, 1.54) is 24.9 Å². The Labute approximate surface area is 206 Å². The molecule has 2 N–H and O–H groups in total. The van der Waals surface area contributed by atoms with E-state index >= 15 is 0 Å². The van der Waals surface area contributed by atoms with Crippen LogP contribution in [-0.4, -0.2) is 41.7 Å². The predicted molar refractivity (Wildman–Crippen MR) is 132 cm³/mol. The Kier molecular flexibility index (Phi) is 8.89. The number of thioether (sulfide) groups is 1. The molecular formula is C24H22ClN3O5S. The van der Waals surface area contributed by atoms with Gasteiger partial charge in [-0.05, 0) is 43.3 Å². The molecule has 2 aromatic carbocycles. The average molecular weight is 500 g/mol. The summed E-state index contributed by atoms with van der Waals surface area (Å²) in [6, 6.07) is 16.9. The third-order valence-corrected chi connectivity index (χ3v) is 5.86. The van der Waals surface area contributed by atoms with Crippen LogP contribution in [0.25, 0.3) is 0 Å². The van der Waals surface area contributed by atoms with Crippen molar-refractivity contribution >= 4 is 52.5 Å². The van der Waals surface area contributed by atoms with Crippen LogP contribution in [0.3, 0.4) is 0 Å². The topological polar surface area (TPSA) is 107 Å². The molecule has 0 saturated heterocycles. The Balaban J connectivity index is 1.59. The summed E-state index contributed by atoms with van der Waals surface area (Å²) in [5.74, 6) is -0.788. The van der Waals surface area contributed by atoms with Crippen LogP contribution in [0.1, 0.15) is 17.3 Å². The maximum atomic E-state index is 12.7. The van der Waals surface area contributed by atoms with Gasteiger partial charge in [0.25, 0.3) is 5.91 Å². The van der Waals surface area contributed by atoms with Crippen molar-refractivity contribution in [2.45, 2.75) is 17.9 Å². The normalized spacial score (nSPS) is 11.3. The lowest BCUT2D eigenvalue weighted by Gasteiger charge is -2.15. The van der Waals surface area contributed by atoms with Crippen molar-refractivity contribution < 1.29 is 23.9 Å². The molecular weight excluding hydrogens is 478 g/mol. The van der Waals surface area contributed by atoms with Crippen LogP contribution >= 0.6 is 23.4 Å². The van der Waals surface area contributed by atoms with Gasteiger partial charge in [-0.15, -0.1) is 11.8 Å². The van der Waals surface area contributed by atoms with Crippen LogP contribution in [0.4, 0.5) is 11.4 Å². The second-order valence-corrected chi connectivity index (χ2v) is 8.32. The first-order valence-electron chi connectivity index (χ1n) is 10.2. The van der Waals surface area contributed by atoms with Crippen molar-refractivity contribution in [1.29, 1.82) is 0 Å². The third-order valence-electron chi connectivity index (χ3n) is 4.49. The number of nitrogens with zero attached hydrogens (tertiary/aromatic N) is 1. The van der Waals surface area contributed by atoms with Gasteiger partial charge in [-0.25, -0.2) is 9.78 Å². The van der Waals surface area contributed by atoms with Crippen LogP contribution in [0.15, 0.2) is 71.8 Å². The first kappa shape index (κ1) is 25.1. The van der Waals surface area contributed by atoms with Gasteiger partial charge in [0.15, 0.2) is 11.3 Å².